The lowest BCUT2D eigenvalue weighted by atomic mass is 10.1. The number of esters is 1. The van der Waals surface area contributed by atoms with Crippen molar-refractivity contribution in [3.8, 4) is 0 Å². The van der Waals surface area contributed by atoms with Crippen LogP contribution in [0.25, 0.3) is 0 Å². The molecule has 0 aliphatic carbocycles. The highest BCUT2D eigenvalue weighted by Gasteiger charge is 2.30. The standard InChI is InChI=1S/C22H22N2O14/c1-2-34-9-10-35-12-17(37-22(29)14-6-4-8-16(24(32)33)19(14)21(27)28)38-36-11-13-5-3-7-15(23(30)31)18(13)20(25)26/h3-8,17H,2,9-12H2,1H3,(H,25,26)(H,27,28). The highest BCUT2D eigenvalue weighted by Crippen LogP contribution is 2.25. The summed E-state index contributed by atoms with van der Waals surface area (Å²) in [5.41, 5.74) is -3.89. The lowest BCUT2D eigenvalue weighted by Crippen LogP contribution is -2.28. The van der Waals surface area contributed by atoms with Gasteiger partial charge in [-0.2, -0.15) is 4.89 Å². The monoisotopic (exact) mass is 538 g/mol. The predicted octanol–water partition coefficient (Wildman–Crippen LogP) is 2.58. The average molecular weight is 538 g/mol. The zero-order valence-corrected chi connectivity index (χ0v) is 19.8. The number of nitrogens with zero attached hydrogens (tertiary/aromatic N) is 2. The third-order valence-electron chi connectivity index (χ3n) is 4.67. The number of carboxylic acids is 2. The second kappa shape index (κ2) is 14.3. The molecule has 1 atom stereocenters. The van der Waals surface area contributed by atoms with E-state index in [1.807, 2.05) is 0 Å². The molecule has 2 aromatic carbocycles. The van der Waals surface area contributed by atoms with E-state index in [2.05, 4.69) is 0 Å². The fraction of sp³-hybridized carbons (Fsp3) is 0.318. The maximum Gasteiger partial charge on any atom is 0.343 e. The second-order valence-electron chi connectivity index (χ2n) is 7.10. The van der Waals surface area contributed by atoms with Gasteiger partial charge in [0.1, 0.15) is 18.8 Å². The third kappa shape index (κ3) is 8.00. The molecule has 38 heavy (non-hydrogen) atoms. The van der Waals surface area contributed by atoms with E-state index in [1.54, 1.807) is 6.92 Å². The van der Waals surface area contributed by atoms with E-state index in [0.29, 0.717) is 6.61 Å². The van der Waals surface area contributed by atoms with E-state index >= 15 is 0 Å². The smallest absolute Gasteiger partial charge is 0.343 e. The highest BCUT2D eigenvalue weighted by molar-refractivity contribution is 6.05. The Labute approximate surface area is 213 Å². The molecule has 0 fully saturated rings. The van der Waals surface area contributed by atoms with Crippen molar-refractivity contribution >= 4 is 29.3 Å². The summed E-state index contributed by atoms with van der Waals surface area (Å²) in [6.07, 6.45) is -1.67. The van der Waals surface area contributed by atoms with Crippen LogP contribution in [0.15, 0.2) is 36.4 Å². The van der Waals surface area contributed by atoms with Gasteiger partial charge < -0.3 is 24.4 Å². The first-order valence-electron chi connectivity index (χ1n) is 10.7. The number of hydrogen-bond acceptors (Lipinski definition) is 12. The number of benzene rings is 2. The van der Waals surface area contributed by atoms with Gasteiger partial charge in [0.25, 0.3) is 17.7 Å². The summed E-state index contributed by atoms with van der Waals surface area (Å²) in [7, 11) is 0. The molecule has 0 saturated heterocycles. The van der Waals surface area contributed by atoms with Crippen molar-refractivity contribution in [3.05, 3.63) is 78.9 Å². The number of hydrogen-bond donors (Lipinski definition) is 2. The molecule has 204 valence electrons. The average Bonchev–Trinajstić information content (AvgIpc) is 2.87. The minimum atomic E-state index is -1.75. The Morgan fingerprint density at radius 3 is 2.05 bits per heavy atom. The summed E-state index contributed by atoms with van der Waals surface area (Å²) in [6, 6.07) is 6.43. The van der Waals surface area contributed by atoms with E-state index in [1.165, 1.54) is 12.1 Å². The zero-order valence-electron chi connectivity index (χ0n) is 19.8. The molecule has 1 unspecified atom stereocenters. The van der Waals surface area contributed by atoms with Crippen molar-refractivity contribution in [1.82, 2.24) is 0 Å². The Hall–Kier alpha value is -4.51. The quantitative estimate of drug-likeness (QED) is 0.0782. The number of carboxylic acid groups (broad SMARTS) is 2. The van der Waals surface area contributed by atoms with Crippen molar-refractivity contribution < 1.29 is 58.4 Å². The summed E-state index contributed by atoms with van der Waals surface area (Å²) < 4.78 is 15.5. The van der Waals surface area contributed by atoms with Crippen LogP contribution in [0.3, 0.4) is 0 Å². The molecule has 0 saturated carbocycles. The van der Waals surface area contributed by atoms with Crippen LogP contribution in [0.4, 0.5) is 11.4 Å². The molecule has 0 aliphatic rings. The molecule has 0 bridgehead atoms. The minimum Gasteiger partial charge on any atom is -0.477 e. The Bertz CT molecular complexity index is 1200. The first kappa shape index (κ1) is 29.7. The van der Waals surface area contributed by atoms with Gasteiger partial charge in [-0.3, -0.25) is 20.2 Å². The summed E-state index contributed by atoms with van der Waals surface area (Å²) >= 11 is 0. The molecule has 16 nitrogen and oxygen atoms in total. The van der Waals surface area contributed by atoms with Crippen molar-refractivity contribution in [1.29, 1.82) is 0 Å². The molecule has 0 radical (unpaired) electrons. The van der Waals surface area contributed by atoms with Gasteiger partial charge in [0.05, 0.1) is 28.6 Å². The van der Waals surface area contributed by atoms with E-state index in [0.717, 1.165) is 24.3 Å². The van der Waals surface area contributed by atoms with Gasteiger partial charge in [0.15, 0.2) is 5.56 Å². The molecule has 0 spiro atoms. The Kier molecular flexibility index (Phi) is 11.2. The van der Waals surface area contributed by atoms with Crippen LogP contribution in [0.2, 0.25) is 0 Å². The van der Waals surface area contributed by atoms with Crippen molar-refractivity contribution in [2.45, 2.75) is 19.8 Å². The maximum atomic E-state index is 12.7. The number of nitro benzene ring substituents is 2. The number of aromatic carboxylic acids is 2. The highest BCUT2D eigenvalue weighted by atomic mass is 17.2. The Balaban J connectivity index is 2.22. The van der Waals surface area contributed by atoms with Gasteiger partial charge in [-0.1, -0.05) is 18.2 Å². The topological polar surface area (TPSA) is 224 Å². The van der Waals surface area contributed by atoms with Gasteiger partial charge >= 0.3 is 17.9 Å². The number of carbonyl (C=O) groups excluding carboxylic acids is 1. The number of rotatable bonds is 16. The predicted molar refractivity (Wildman–Crippen MR) is 123 cm³/mol. The number of carbonyl (C=O) groups is 3. The number of ether oxygens (including phenoxy) is 3. The Morgan fingerprint density at radius 1 is 0.895 bits per heavy atom. The van der Waals surface area contributed by atoms with Crippen LogP contribution < -0.4 is 0 Å². The molecule has 2 rings (SSSR count). The van der Waals surface area contributed by atoms with Gasteiger partial charge in [-0.15, -0.1) is 0 Å². The van der Waals surface area contributed by atoms with Crippen molar-refractivity contribution in [2.24, 2.45) is 0 Å². The van der Waals surface area contributed by atoms with E-state index in [9.17, 15) is 44.8 Å². The van der Waals surface area contributed by atoms with Crippen LogP contribution in [-0.4, -0.2) is 70.7 Å². The fourth-order valence-corrected chi connectivity index (χ4v) is 3.07. The molecule has 0 amide bonds. The lowest BCUT2D eigenvalue weighted by molar-refractivity contribution is -0.386. The van der Waals surface area contributed by atoms with Crippen LogP contribution in [0.5, 0.6) is 0 Å². The first-order chi connectivity index (χ1) is 18.1. The van der Waals surface area contributed by atoms with E-state index in [4.69, 9.17) is 24.0 Å². The van der Waals surface area contributed by atoms with Crippen LogP contribution in [0, 0.1) is 20.2 Å². The SMILES string of the molecule is CCOCCOCC(OOCc1cccc([N+](=O)[O-])c1C(=O)O)OC(=O)c1cccc([N+](=O)[O-])c1C(=O)O. The summed E-state index contributed by atoms with van der Waals surface area (Å²) in [6.45, 7) is 1.24. The summed E-state index contributed by atoms with van der Waals surface area (Å²) in [5.74, 6) is -4.67. The summed E-state index contributed by atoms with van der Waals surface area (Å²) in [4.78, 5) is 66.3. The lowest BCUT2D eigenvalue weighted by Gasteiger charge is -2.18. The van der Waals surface area contributed by atoms with Gasteiger partial charge in [0, 0.05) is 24.3 Å². The Morgan fingerprint density at radius 2 is 1.47 bits per heavy atom. The largest absolute Gasteiger partial charge is 0.477 e. The van der Waals surface area contributed by atoms with Crippen molar-refractivity contribution in [2.75, 3.05) is 26.4 Å². The number of nitro groups is 2. The molecule has 2 aromatic rings. The summed E-state index contributed by atoms with van der Waals surface area (Å²) in [5, 5.41) is 41.1. The van der Waals surface area contributed by atoms with Crippen LogP contribution in [-0.2, 0) is 30.6 Å². The van der Waals surface area contributed by atoms with Crippen molar-refractivity contribution in [3.63, 3.8) is 0 Å². The van der Waals surface area contributed by atoms with E-state index in [-0.39, 0.29) is 18.8 Å². The molecule has 0 aromatic heterocycles. The molecule has 2 N–H and O–H groups in total. The third-order valence-corrected chi connectivity index (χ3v) is 4.67. The molecule has 0 aliphatic heterocycles. The first-order valence-corrected chi connectivity index (χ1v) is 10.7. The van der Waals surface area contributed by atoms with Gasteiger partial charge in [-0.05, 0) is 13.0 Å². The molecular formula is C22H22N2O14. The normalized spacial score (nSPS) is 11.5. The molecule has 0 heterocycles. The molecular weight excluding hydrogens is 516 g/mol. The zero-order chi connectivity index (χ0) is 28.2. The van der Waals surface area contributed by atoms with Crippen LogP contribution in [0.1, 0.15) is 43.6 Å². The minimum absolute atomic E-state index is 0.0243. The fourth-order valence-electron chi connectivity index (χ4n) is 3.07. The van der Waals surface area contributed by atoms with Gasteiger partial charge in [-0.25, -0.2) is 19.3 Å². The molecule has 16 heteroatoms. The van der Waals surface area contributed by atoms with E-state index < -0.39 is 75.3 Å². The second-order valence-corrected chi connectivity index (χ2v) is 7.10. The maximum absolute atomic E-state index is 12.7. The van der Waals surface area contributed by atoms with Gasteiger partial charge in [0.2, 0.25) is 0 Å². The van der Waals surface area contributed by atoms with Crippen LogP contribution >= 0.6 is 0 Å².